The molecule has 1 atom stereocenters. The average molecular weight is 462 g/mol. The van der Waals surface area contributed by atoms with Crippen molar-refractivity contribution in [1.29, 1.82) is 0 Å². The normalized spacial score (nSPS) is 15.3. The minimum atomic E-state index is -0.836. The molecule has 5 rings (SSSR count). The quantitative estimate of drug-likeness (QED) is 0.318. The molecule has 9 nitrogen and oxygen atoms in total. The third-order valence-electron chi connectivity index (χ3n) is 5.73. The van der Waals surface area contributed by atoms with E-state index in [1.807, 2.05) is 19.9 Å². The largest absolute Gasteiger partial charge is 0.450 e. The van der Waals surface area contributed by atoms with E-state index in [0.29, 0.717) is 28.1 Å². The number of anilines is 1. The van der Waals surface area contributed by atoms with Crippen LogP contribution in [0.15, 0.2) is 51.7 Å². The summed E-state index contributed by atoms with van der Waals surface area (Å²) < 4.78 is 5.95. The highest BCUT2D eigenvalue weighted by molar-refractivity contribution is 7.15. The van der Waals surface area contributed by atoms with Crippen molar-refractivity contribution >= 4 is 39.0 Å². The fourth-order valence-corrected chi connectivity index (χ4v) is 4.82. The van der Waals surface area contributed by atoms with Crippen molar-refractivity contribution in [2.75, 3.05) is 4.90 Å². The van der Waals surface area contributed by atoms with Crippen molar-refractivity contribution in [2.45, 2.75) is 32.7 Å². The molecule has 0 spiro atoms. The predicted octanol–water partition coefficient (Wildman–Crippen LogP) is 4.43. The highest BCUT2D eigenvalue weighted by atomic mass is 32.1. The van der Waals surface area contributed by atoms with Crippen molar-refractivity contribution in [3.8, 4) is 0 Å². The zero-order chi connectivity index (χ0) is 23.3. The lowest BCUT2D eigenvalue weighted by atomic mass is 9.98. The summed E-state index contributed by atoms with van der Waals surface area (Å²) in [7, 11) is 0. The molecule has 166 valence electrons. The molecule has 0 saturated carbocycles. The van der Waals surface area contributed by atoms with Crippen LogP contribution in [0, 0.1) is 10.1 Å². The molecule has 4 aromatic rings. The van der Waals surface area contributed by atoms with Gasteiger partial charge in [0, 0.05) is 12.1 Å². The lowest BCUT2D eigenvalue weighted by Gasteiger charge is -2.21. The van der Waals surface area contributed by atoms with Gasteiger partial charge in [-0.15, -0.1) is 10.2 Å². The summed E-state index contributed by atoms with van der Waals surface area (Å²) in [6.45, 7) is 3.92. The van der Waals surface area contributed by atoms with Gasteiger partial charge < -0.3 is 4.42 Å². The summed E-state index contributed by atoms with van der Waals surface area (Å²) in [4.78, 5) is 39.2. The fourth-order valence-electron chi connectivity index (χ4n) is 4.02. The number of aryl methyl sites for hydroxylation is 2. The van der Waals surface area contributed by atoms with Gasteiger partial charge in [0.1, 0.15) is 10.6 Å². The summed E-state index contributed by atoms with van der Waals surface area (Å²) in [5, 5.41) is 20.9. The van der Waals surface area contributed by atoms with Gasteiger partial charge in [-0.25, -0.2) is 0 Å². The zero-order valence-corrected chi connectivity index (χ0v) is 18.6. The van der Waals surface area contributed by atoms with Gasteiger partial charge in [-0.05, 0) is 48.2 Å². The number of carbonyl (C=O) groups is 1. The minimum Gasteiger partial charge on any atom is -0.450 e. The highest BCUT2D eigenvalue weighted by Gasteiger charge is 2.45. The Morgan fingerprint density at radius 1 is 1.09 bits per heavy atom. The standard InChI is InChI=1S/C23H18N4O5S/c1-3-12-5-10-16-15(11-12)20(28)18-19(13-6-8-14(9-7-13)27(30)31)26(22(29)21(18)32-16)23-25-24-17(4-2)33-23/h5-11,19H,3-4H2,1-2H3. The maximum atomic E-state index is 13.7. The molecule has 1 aliphatic rings. The van der Waals surface area contributed by atoms with E-state index in [-0.39, 0.29) is 22.4 Å². The van der Waals surface area contributed by atoms with E-state index in [2.05, 4.69) is 10.2 Å². The Balaban J connectivity index is 1.77. The van der Waals surface area contributed by atoms with Crippen LogP contribution in [0.25, 0.3) is 11.0 Å². The fraction of sp³-hybridized carbons (Fsp3) is 0.217. The number of aromatic nitrogens is 2. The van der Waals surface area contributed by atoms with E-state index in [4.69, 9.17) is 4.42 Å². The molecule has 0 fully saturated rings. The van der Waals surface area contributed by atoms with Gasteiger partial charge in [0.2, 0.25) is 10.9 Å². The third kappa shape index (κ3) is 3.30. The lowest BCUT2D eigenvalue weighted by Crippen LogP contribution is -2.29. The van der Waals surface area contributed by atoms with Crippen molar-refractivity contribution in [3.63, 3.8) is 0 Å². The zero-order valence-electron chi connectivity index (χ0n) is 17.8. The molecule has 3 heterocycles. The number of nitro groups is 1. The van der Waals surface area contributed by atoms with E-state index in [9.17, 15) is 19.7 Å². The van der Waals surface area contributed by atoms with Gasteiger partial charge in [-0.3, -0.25) is 24.6 Å². The van der Waals surface area contributed by atoms with E-state index in [0.717, 1.165) is 17.0 Å². The Labute approximate surface area is 191 Å². The first-order chi connectivity index (χ1) is 15.9. The molecule has 0 aliphatic carbocycles. The van der Waals surface area contributed by atoms with Gasteiger partial charge in [0.25, 0.3) is 11.6 Å². The lowest BCUT2D eigenvalue weighted by molar-refractivity contribution is -0.384. The van der Waals surface area contributed by atoms with Crippen LogP contribution >= 0.6 is 11.3 Å². The monoisotopic (exact) mass is 462 g/mol. The van der Waals surface area contributed by atoms with Crippen LogP contribution in [-0.2, 0) is 12.8 Å². The Hall–Kier alpha value is -3.92. The van der Waals surface area contributed by atoms with E-state index in [1.54, 1.807) is 24.3 Å². The molecule has 10 heteroatoms. The molecule has 33 heavy (non-hydrogen) atoms. The van der Waals surface area contributed by atoms with E-state index in [1.165, 1.54) is 28.4 Å². The van der Waals surface area contributed by atoms with Crippen LogP contribution in [0.3, 0.4) is 0 Å². The summed E-state index contributed by atoms with van der Waals surface area (Å²) in [5.41, 5.74) is 1.65. The summed E-state index contributed by atoms with van der Waals surface area (Å²) in [6.07, 6.45) is 1.39. The number of hydrogen-bond donors (Lipinski definition) is 0. The second-order valence-electron chi connectivity index (χ2n) is 7.62. The summed E-state index contributed by atoms with van der Waals surface area (Å²) in [6, 6.07) is 10.3. The third-order valence-corrected chi connectivity index (χ3v) is 6.79. The van der Waals surface area contributed by atoms with Crippen LogP contribution in [-0.4, -0.2) is 21.0 Å². The van der Waals surface area contributed by atoms with Crippen LogP contribution in [0.2, 0.25) is 0 Å². The molecular formula is C23H18N4O5S. The average Bonchev–Trinajstić information content (AvgIpc) is 3.41. The van der Waals surface area contributed by atoms with Gasteiger partial charge in [-0.2, -0.15) is 0 Å². The molecule has 1 amide bonds. The first kappa shape index (κ1) is 21.0. The number of benzene rings is 2. The topological polar surface area (TPSA) is 119 Å². The van der Waals surface area contributed by atoms with Crippen LogP contribution in [0.1, 0.15) is 52.1 Å². The maximum Gasteiger partial charge on any atom is 0.297 e. The molecule has 0 N–H and O–H groups in total. The van der Waals surface area contributed by atoms with Crippen LogP contribution in [0.5, 0.6) is 0 Å². The smallest absolute Gasteiger partial charge is 0.297 e. The molecule has 0 radical (unpaired) electrons. The van der Waals surface area contributed by atoms with E-state index >= 15 is 0 Å². The molecule has 1 aliphatic heterocycles. The second kappa shape index (κ2) is 7.89. The molecular weight excluding hydrogens is 444 g/mol. The number of amides is 1. The Morgan fingerprint density at radius 2 is 1.85 bits per heavy atom. The number of carbonyl (C=O) groups excluding carboxylic acids is 1. The molecule has 2 aromatic heterocycles. The number of fused-ring (bicyclic) bond motifs is 2. The minimum absolute atomic E-state index is 0.0478. The predicted molar refractivity (Wildman–Crippen MR) is 123 cm³/mol. The maximum absolute atomic E-state index is 13.7. The van der Waals surface area contributed by atoms with Crippen LogP contribution < -0.4 is 10.3 Å². The second-order valence-corrected chi connectivity index (χ2v) is 8.66. The molecule has 2 aromatic carbocycles. The number of non-ortho nitro benzene ring substituents is 1. The summed E-state index contributed by atoms with van der Waals surface area (Å²) >= 11 is 1.26. The number of hydrogen-bond acceptors (Lipinski definition) is 8. The molecule has 0 bridgehead atoms. The van der Waals surface area contributed by atoms with E-state index < -0.39 is 16.9 Å². The molecule has 0 saturated heterocycles. The van der Waals surface area contributed by atoms with Crippen LogP contribution in [0.4, 0.5) is 10.8 Å². The van der Waals surface area contributed by atoms with Gasteiger partial charge in [0.15, 0.2) is 5.43 Å². The first-order valence-corrected chi connectivity index (χ1v) is 11.2. The highest BCUT2D eigenvalue weighted by Crippen LogP contribution is 2.42. The van der Waals surface area contributed by atoms with Crippen molar-refractivity contribution in [2.24, 2.45) is 0 Å². The van der Waals surface area contributed by atoms with Gasteiger partial charge in [-0.1, -0.05) is 31.3 Å². The SMILES string of the molecule is CCc1ccc2oc3c(c(=O)c2c1)C(c1ccc([N+](=O)[O-])cc1)N(c1nnc(CC)s1)C3=O. The van der Waals surface area contributed by atoms with Crippen molar-refractivity contribution < 1.29 is 14.1 Å². The number of nitrogens with zero attached hydrogens (tertiary/aromatic N) is 4. The van der Waals surface area contributed by atoms with Gasteiger partial charge in [0.05, 0.1) is 21.9 Å². The van der Waals surface area contributed by atoms with Gasteiger partial charge >= 0.3 is 0 Å². The Morgan fingerprint density at radius 3 is 2.48 bits per heavy atom. The number of nitro benzene ring substituents is 1. The Kier molecular flexibility index (Phi) is 5.01. The van der Waals surface area contributed by atoms with Crippen molar-refractivity contribution in [3.05, 3.63) is 90.3 Å². The molecule has 1 unspecified atom stereocenters. The summed E-state index contributed by atoms with van der Waals surface area (Å²) in [5.74, 6) is -0.543. The number of rotatable bonds is 5. The Bertz CT molecular complexity index is 1470. The van der Waals surface area contributed by atoms with Crippen molar-refractivity contribution in [1.82, 2.24) is 10.2 Å². The first-order valence-electron chi connectivity index (χ1n) is 10.4.